The van der Waals surface area contributed by atoms with E-state index in [0.717, 1.165) is 0 Å². The summed E-state index contributed by atoms with van der Waals surface area (Å²) in [6, 6.07) is 0.414. The predicted octanol–water partition coefficient (Wildman–Crippen LogP) is 2.83. The van der Waals surface area contributed by atoms with Gasteiger partial charge in [0, 0.05) is 6.04 Å². The SMILES string of the molecule is C=C(C(C)C)C(NC)C(C)(C)C. The first-order valence-corrected chi connectivity index (χ1v) is 4.66. The lowest BCUT2D eigenvalue weighted by Gasteiger charge is -2.33. The smallest absolute Gasteiger partial charge is 0.0325 e. The van der Waals surface area contributed by atoms with Crippen LogP contribution in [0.1, 0.15) is 34.6 Å². The molecule has 0 spiro atoms. The standard InChI is InChI=1S/C11H23N/c1-8(2)9(3)10(12-7)11(4,5)6/h8,10,12H,3H2,1-2,4-7H3. The van der Waals surface area contributed by atoms with Gasteiger partial charge in [0.05, 0.1) is 0 Å². The summed E-state index contributed by atoms with van der Waals surface area (Å²) in [5.74, 6) is 0.557. The molecule has 0 amide bonds. The Hall–Kier alpha value is -0.300. The van der Waals surface area contributed by atoms with E-state index in [1.807, 2.05) is 7.05 Å². The lowest BCUT2D eigenvalue weighted by Crippen LogP contribution is -2.40. The summed E-state index contributed by atoms with van der Waals surface area (Å²) in [4.78, 5) is 0. The molecule has 0 aromatic rings. The number of likely N-dealkylation sites (N-methyl/N-ethyl adjacent to an activating group) is 1. The Morgan fingerprint density at radius 3 is 1.75 bits per heavy atom. The maximum absolute atomic E-state index is 4.13. The van der Waals surface area contributed by atoms with Gasteiger partial charge in [-0.3, -0.25) is 0 Å². The molecule has 0 aliphatic rings. The lowest BCUT2D eigenvalue weighted by molar-refractivity contribution is 0.303. The highest BCUT2D eigenvalue weighted by Crippen LogP contribution is 2.27. The molecule has 0 heterocycles. The quantitative estimate of drug-likeness (QED) is 0.641. The first kappa shape index (κ1) is 11.7. The van der Waals surface area contributed by atoms with Crippen LogP contribution in [0, 0.1) is 11.3 Å². The van der Waals surface area contributed by atoms with Gasteiger partial charge >= 0.3 is 0 Å². The molecule has 12 heavy (non-hydrogen) atoms. The highest BCUT2D eigenvalue weighted by Gasteiger charge is 2.26. The van der Waals surface area contributed by atoms with Crippen molar-refractivity contribution in [3.8, 4) is 0 Å². The van der Waals surface area contributed by atoms with Crippen LogP contribution >= 0.6 is 0 Å². The zero-order valence-corrected chi connectivity index (χ0v) is 9.36. The van der Waals surface area contributed by atoms with Crippen molar-refractivity contribution in [2.75, 3.05) is 7.05 Å². The molecule has 1 N–H and O–H groups in total. The molecule has 0 saturated heterocycles. The Labute approximate surface area is 77.2 Å². The average Bonchev–Trinajstić information content (AvgIpc) is 1.85. The van der Waals surface area contributed by atoms with Gasteiger partial charge in [-0.15, -0.1) is 0 Å². The third kappa shape index (κ3) is 2.98. The topological polar surface area (TPSA) is 12.0 Å². The number of rotatable bonds is 3. The van der Waals surface area contributed by atoms with Gasteiger partial charge in [0.25, 0.3) is 0 Å². The molecule has 0 aromatic carbocycles. The highest BCUT2D eigenvalue weighted by molar-refractivity contribution is 5.11. The molecular weight excluding hydrogens is 146 g/mol. The van der Waals surface area contributed by atoms with Crippen LogP contribution in [0.3, 0.4) is 0 Å². The minimum Gasteiger partial charge on any atom is -0.313 e. The zero-order valence-electron chi connectivity index (χ0n) is 9.36. The summed E-state index contributed by atoms with van der Waals surface area (Å²) in [6.45, 7) is 15.2. The summed E-state index contributed by atoms with van der Waals surface area (Å²) in [5, 5.41) is 3.32. The maximum Gasteiger partial charge on any atom is 0.0325 e. The minimum absolute atomic E-state index is 0.260. The van der Waals surface area contributed by atoms with Crippen LogP contribution in [0.2, 0.25) is 0 Å². The first-order chi connectivity index (χ1) is 5.30. The third-order valence-electron chi connectivity index (χ3n) is 2.27. The Balaban J connectivity index is 4.47. The summed E-state index contributed by atoms with van der Waals surface area (Å²) in [7, 11) is 2.00. The normalized spacial score (nSPS) is 14.9. The largest absolute Gasteiger partial charge is 0.313 e. The van der Waals surface area contributed by atoms with E-state index in [1.165, 1.54) is 5.57 Å². The molecule has 0 aliphatic carbocycles. The summed E-state index contributed by atoms with van der Waals surface area (Å²) in [6.07, 6.45) is 0. The summed E-state index contributed by atoms with van der Waals surface area (Å²) < 4.78 is 0. The fraction of sp³-hybridized carbons (Fsp3) is 0.818. The van der Waals surface area contributed by atoms with Gasteiger partial charge in [-0.25, -0.2) is 0 Å². The van der Waals surface area contributed by atoms with Crippen molar-refractivity contribution in [1.29, 1.82) is 0 Å². The van der Waals surface area contributed by atoms with Crippen molar-refractivity contribution in [3.63, 3.8) is 0 Å². The van der Waals surface area contributed by atoms with E-state index in [0.29, 0.717) is 12.0 Å². The molecule has 0 saturated carbocycles. The van der Waals surface area contributed by atoms with Crippen LogP contribution in [-0.2, 0) is 0 Å². The second kappa shape index (κ2) is 4.08. The van der Waals surface area contributed by atoms with E-state index in [9.17, 15) is 0 Å². The van der Waals surface area contributed by atoms with Crippen LogP contribution in [-0.4, -0.2) is 13.1 Å². The second-order valence-electron chi connectivity index (χ2n) is 4.82. The van der Waals surface area contributed by atoms with E-state index in [1.54, 1.807) is 0 Å². The molecule has 1 unspecified atom stereocenters. The molecule has 1 nitrogen and oxygen atoms in total. The van der Waals surface area contributed by atoms with Crippen molar-refractivity contribution in [2.24, 2.45) is 11.3 Å². The van der Waals surface area contributed by atoms with Gasteiger partial charge in [0.2, 0.25) is 0 Å². The monoisotopic (exact) mass is 169 g/mol. The van der Waals surface area contributed by atoms with E-state index >= 15 is 0 Å². The Morgan fingerprint density at radius 2 is 1.67 bits per heavy atom. The lowest BCUT2D eigenvalue weighted by atomic mass is 9.79. The number of nitrogens with one attached hydrogen (secondary N) is 1. The molecule has 0 rings (SSSR count). The van der Waals surface area contributed by atoms with Gasteiger partial charge in [-0.05, 0) is 18.4 Å². The first-order valence-electron chi connectivity index (χ1n) is 4.66. The second-order valence-corrected chi connectivity index (χ2v) is 4.82. The van der Waals surface area contributed by atoms with Crippen LogP contribution in [0.4, 0.5) is 0 Å². The Kier molecular flexibility index (Phi) is 3.98. The van der Waals surface area contributed by atoms with Crippen molar-refractivity contribution < 1.29 is 0 Å². The van der Waals surface area contributed by atoms with E-state index in [4.69, 9.17) is 0 Å². The van der Waals surface area contributed by atoms with Crippen molar-refractivity contribution in [3.05, 3.63) is 12.2 Å². The average molecular weight is 169 g/mol. The van der Waals surface area contributed by atoms with Crippen molar-refractivity contribution >= 4 is 0 Å². The molecule has 0 aliphatic heterocycles. The van der Waals surface area contributed by atoms with Crippen molar-refractivity contribution in [2.45, 2.75) is 40.7 Å². The van der Waals surface area contributed by atoms with Gasteiger partial charge in [-0.1, -0.05) is 46.8 Å². The van der Waals surface area contributed by atoms with E-state index in [-0.39, 0.29) is 5.41 Å². The van der Waals surface area contributed by atoms with Gasteiger partial charge in [0.1, 0.15) is 0 Å². The highest BCUT2D eigenvalue weighted by atomic mass is 14.9. The van der Waals surface area contributed by atoms with Crippen LogP contribution < -0.4 is 5.32 Å². The fourth-order valence-corrected chi connectivity index (χ4v) is 1.51. The Bertz CT molecular complexity index is 151. The van der Waals surface area contributed by atoms with E-state index in [2.05, 4.69) is 46.5 Å². The molecule has 1 heteroatoms. The van der Waals surface area contributed by atoms with Gasteiger partial charge in [-0.2, -0.15) is 0 Å². The molecule has 0 aromatic heterocycles. The van der Waals surface area contributed by atoms with Crippen molar-refractivity contribution in [1.82, 2.24) is 5.32 Å². The molecule has 0 radical (unpaired) electrons. The minimum atomic E-state index is 0.260. The van der Waals surface area contributed by atoms with E-state index < -0.39 is 0 Å². The van der Waals surface area contributed by atoms with Crippen LogP contribution in [0.5, 0.6) is 0 Å². The van der Waals surface area contributed by atoms with Crippen LogP contribution in [0.25, 0.3) is 0 Å². The zero-order chi connectivity index (χ0) is 9.94. The molecule has 1 atom stereocenters. The molecular formula is C11H23N. The summed E-state index contributed by atoms with van der Waals surface area (Å²) in [5.41, 5.74) is 1.56. The summed E-state index contributed by atoms with van der Waals surface area (Å²) >= 11 is 0. The number of hydrogen-bond donors (Lipinski definition) is 1. The third-order valence-corrected chi connectivity index (χ3v) is 2.27. The Morgan fingerprint density at radius 1 is 1.25 bits per heavy atom. The fourth-order valence-electron chi connectivity index (χ4n) is 1.51. The predicted molar refractivity (Wildman–Crippen MR) is 56.3 cm³/mol. The molecule has 0 bridgehead atoms. The number of hydrogen-bond acceptors (Lipinski definition) is 1. The van der Waals surface area contributed by atoms with Crippen LogP contribution in [0.15, 0.2) is 12.2 Å². The van der Waals surface area contributed by atoms with Gasteiger partial charge < -0.3 is 5.32 Å². The molecule has 72 valence electrons. The molecule has 0 fully saturated rings. The van der Waals surface area contributed by atoms with Gasteiger partial charge in [0.15, 0.2) is 0 Å². The maximum atomic E-state index is 4.13.